The molecular formula is C13H17N. The van der Waals surface area contributed by atoms with Crippen LogP contribution in [0, 0.1) is 19.3 Å². The highest BCUT2D eigenvalue weighted by molar-refractivity contribution is 5.25. The van der Waals surface area contributed by atoms with Gasteiger partial charge in [-0.25, -0.2) is 0 Å². The molecule has 1 aromatic rings. The topological polar surface area (TPSA) is 12.0 Å². The van der Waals surface area contributed by atoms with Gasteiger partial charge in [0.05, 0.1) is 0 Å². The van der Waals surface area contributed by atoms with Crippen molar-refractivity contribution in [2.24, 2.45) is 0 Å². The maximum absolute atomic E-state index is 5.34. The lowest BCUT2D eigenvalue weighted by Gasteiger charge is -2.15. The summed E-state index contributed by atoms with van der Waals surface area (Å²) in [6, 6.07) is 8.82. The first-order valence-corrected chi connectivity index (χ1v) is 5.01. The number of benzene rings is 1. The predicted octanol–water partition coefficient (Wildman–Crippen LogP) is 2.67. The molecule has 0 aliphatic carbocycles. The number of hydrogen-bond acceptors (Lipinski definition) is 1. The van der Waals surface area contributed by atoms with Crippen molar-refractivity contribution in [2.45, 2.75) is 26.3 Å². The van der Waals surface area contributed by atoms with E-state index in [2.05, 4.69) is 49.4 Å². The number of terminal acetylenes is 1. The molecule has 0 saturated heterocycles. The van der Waals surface area contributed by atoms with Gasteiger partial charge in [-0.05, 0) is 19.0 Å². The second-order valence-corrected chi connectivity index (χ2v) is 3.43. The molecule has 0 spiro atoms. The Morgan fingerprint density at radius 3 is 2.50 bits per heavy atom. The lowest BCUT2D eigenvalue weighted by Crippen LogP contribution is -2.20. The third-order valence-electron chi connectivity index (χ3n) is 2.25. The zero-order valence-electron chi connectivity index (χ0n) is 8.88. The third-order valence-corrected chi connectivity index (χ3v) is 2.25. The van der Waals surface area contributed by atoms with Crippen LogP contribution >= 0.6 is 0 Å². The second kappa shape index (κ2) is 5.47. The number of nitrogens with one attached hydrogen (secondary N) is 1. The van der Waals surface area contributed by atoms with E-state index in [0.29, 0.717) is 6.04 Å². The molecular weight excluding hydrogens is 170 g/mol. The standard InChI is InChI=1S/C13H17N/c1-4-6-13(14-5-2)12-9-7-11(3)8-10-12/h1,7-10,13-14H,5-6H2,2-3H3. The number of aryl methyl sites for hydroxylation is 1. The van der Waals surface area contributed by atoms with Gasteiger partial charge in [-0.3, -0.25) is 0 Å². The summed E-state index contributed by atoms with van der Waals surface area (Å²) in [7, 11) is 0. The van der Waals surface area contributed by atoms with Gasteiger partial charge in [0.15, 0.2) is 0 Å². The molecule has 1 N–H and O–H groups in total. The Kier molecular flexibility index (Phi) is 4.22. The Morgan fingerprint density at radius 2 is 2.00 bits per heavy atom. The molecule has 0 aliphatic rings. The van der Waals surface area contributed by atoms with Crippen LogP contribution in [0.25, 0.3) is 0 Å². The van der Waals surface area contributed by atoms with Crippen LogP contribution < -0.4 is 5.32 Å². The Morgan fingerprint density at radius 1 is 1.36 bits per heavy atom. The van der Waals surface area contributed by atoms with Crippen LogP contribution in [0.2, 0.25) is 0 Å². The normalized spacial score (nSPS) is 12.1. The van der Waals surface area contributed by atoms with Crippen LogP contribution in [0.5, 0.6) is 0 Å². The quantitative estimate of drug-likeness (QED) is 0.715. The van der Waals surface area contributed by atoms with E-state index in [1.165, 1.54) is 11.1 Å². The summed E-state index contributed by atoms with van der Waals surface area (Å²) in [6.45, 7) is 5.13. The molecule has 1 unspecified atom stereocenters. The van der Waals surface area contributed by atoms with E-state index in [1.807, 2.05) is 0 Å². The van der Waals surface area contributed by atoms with Crippen LogP contribution in [0.15, 0.2) is 24.3 Å². The predicted molar refractivity (Wildman–Crippen MR) is 61.0 cm³/mol. The molecule has 0 saturated carbocycles. The molecule has 0 bridgehead atoms. The Balaban J connectivity index is 2.77. The van der Waals surface area contributed by atoms with Gasteiger partial charge in [0, 0.05) is 12.5 Å². The number of rotatable bonds is 4. The van der Waals surface area contributed by atoms with E-state index in [-0.39, 0.29) is 0 Å². The molecule has 1 atom stereocenters. The van der Waals surface area contributed by atoms with Crippen LogP contribution in [0.1, 0.15) is 30.5 Å². The van der Waals surface area contributed by atoms with E-state index in [4.69, 9.17) is 6.42 Å². The molecule has 1 aromatic carbocycles. The third kappa shape index (κ3) is 2.90. The Labute approximate surface area is 86.5 Å². The molecule has 0 aromatic heterocycles. The minimum atomic E-state index is 0.297. The average Bonchev–Trinajstić information content (AvgIpc) is 2.19. The second-order valence-electron chi connectivity index (χ2n) is 3.43. The van der Waals surface area contributed by atoms with Crippen molar-refractivity contribution in [3.63, 3.8) is 0 Å². The Bertz CT molecular complexity index is 305. The highest BCUT2D eigenvalue weighted by Gasteiger charge is 2.07. The van der Waals surface area contributed by atoms with Gasteiger partial charge >= 0.3 is 0 Å². The van der Waals surface area contributed by atoms with Crippen molar-refractivity contribution >= 4 is 0 Å². The molecule has 1 nitrogen and oxygen atoms in total. The molecule has 1 heteroatoms. The average molecular weight is 187 g/mol. The fourth-order valence-corrected chi connectivity index (χ4v) is 1.47. The summed E-state index contributed by atoms with van der Waals surface area (Å²) in [4.78, 5) is 0. The van der Waals surface area contributed by atoms with E-state index >= 15 is 0 Å². The first kappa shape index (κ1) is 10.8. The number of hydrogen-bond donors (Lipinski definition) is 1. The van der Waals surface area contributed by atoms with E-state index in [9.17, 15) is 0 Å². The van der Waals surface area contributed by atoms with Gasteiger partial charge < -0.3 is 5.32 Å². The minimum absolute atomic E-state index is 0.297. The smallest absolute Gasteiger partial charge is 0.0430 e. The van der Waals surface area contributed by atoms with Gasteiger partial charge in [0.2, 0.25) is 0 Å². The molecule has 0 heterocycles. The van der Waals surface area contributed by atoms with Crippen LogP contribution in [-0.4, -0.2) is 6.54 Å². The molecule has 14 heavy (non-hydrogen) atoms. The largest absolute Gasteiger partial charge is 0.309 e. The maximum Gasteiger partial charge on any atom is 0.0430 e. The molecule has 1 rings (SSSR count). The van der Waals surface area contributed by atoms with Gasteiger partial charge in [0.25, 0.3) is 0 Å². The van der Waals surface area contributed by atoms with E-state index in [1.54, 1.807) is 0 Å². The summed E-state index contributed by atoms with van der Waals surface area (Å²) in [5.74, 6) is 2.70. The minimum Gasteiger partial charge on any atom is -0.309 e. The molecule has 0 aliphatic heterocycles. The molecule has 74 valence electrons. The zero-order valence-corrected chi connectivity index (χ0v) is 8.88. The SMILES string of the molecule is C#CCC(NCC)c1ccc(C)cc1. The van der Waals surface area contributed by atoms with Crippen molar-refractivity contribution in [3.05, 3.63) is 35.4 Å². The van der Waals surface area contributed by atoms with Gasteiger partial charge in [-0.1, -0.05) is 36.8 Å². The van der Waals surface area contributed by atoms with E-state index in [0.717, 1.165) is 13.0 Å². The van der Waals surface area contributed by atoms with Crippen LogP contribution in [0.4, 0.5) is 0 Å². The lowest BCUT2D eigenvalue weighted by atomic mass is 10.0. The highest BCUT2D eigenvalue weighted by Crippen LogP contribution is 2.16. The first-order valence-electron chi connectivity index (χ1n) is 5.01. The fraction of sp³-hybridized carbons (Fsp3) is 0.385. The summed E-state index contributed by atoms with van der Waals surface area (Å²) in [5.41, 5.74) is 2.56. The Hall–Kier alpha value is -1.26. The first-order chi connectivity index (χ1) is 6.77. The summed E-state index contributed by atoms with van der Waals surface area (Å²) in [6.07, 6.45) is 6.08. The summed E-state index contributed by atoms with van der Waals surface area (Å²) < 4.78 is 0. The highest BCUT2D eigenvalue weighted by atomic mass is 14.9. The van der Waals surface area contributed by atoms with Crippen molar-refractivity contribution < 1.29 is 0 Å². The zero-order chi connectivity index (χ0) is 10.4. The van der Waals surface area contributed by atoms with Crippen LogP contribution in [0.3, 0.4) is 0 Å². The fourth-order valence-electron chi connectivity index (χ4n) is 1.47. The van der Waals surface area contributed by atoms with E-state index < -0.39 is 0 Å². The molecule has 0 fully saturated rings. The van der Waals surface area contributed by atoms with Crippen molar-refractivity contribution in [3.8, 4) is 12.3 Å². The van der Waals surface area contributed by atoms with Crippen LogP contribution in [-0.2, 0) is 0 Å². The van der Waals surface area contributed by atoms with Crippen molar-refractivity contribution in [1.29, 1.82) is 0 Å². The lowest BCUT2D eigenvalue weighted by molar-refractivity contribution is 0.565. The van der Waals surface area contributed by atoms with Gasteiger partial charge in [0.1, 0.15) is 0 Å². The molecule has 0 amide bonds. The maximum atomic E-state index is 5.34. The summed E-state index contributed by atoms with van der Waals surface area (Å²) >= 11 is 0. The van der Waals surface area contributed by atoms with Gasteiger partial charge in [-0.15, -0.1) is 12.3 Å². The summed E-state index contributed by atoms with van der Waals surface area (Å²) in [5, 5.41) is 3.38. The monoisotopic (exact) mass is 187 g/mol. The van der Waals surface area contributed by atoms with Crippen molar-refractivity contribution in [1.82, 2.24) is 5.32 Å². The molecule has 0 radical (unpaired) electrons. The van der Waals surface area contributed by atoms with Crippen molar-refractivity contribution in [2.75, 3.05) is 6.54 Å². The van der Waals surface area contributed by atoms with Gasteiger partial charge in [-0.2, -0.15) is 0 Å².